The molecule has 3 rings (SSSR count). The zero-order valence-electron chi connectivity index (χ0n) is 15.4. The lowest BCUT2D eigenvalue weighted by atomic mass is 10.1. The lowest BCUT2D eigenvalue weighted by molar-refractivity contribution is -0.384. The molecule has 1 heterocycles. The molecule has 0 spiro atoms. The summed E-state index contributed by atoms with van der Waals surface area (Å²) in [5.74, 6) is -0.0243. The van der Waals surface area contributed by atoms with Crippen molar-refractivity contribution in [3.05, 3.63) is 68.7 Å². The Morgan fingerprint density at radius 3 is 2.55 bits per heavy atom. The normalized spacial score (nSPS) is 17.6. The Kier molecular flexibility index (Phi) is 6.53. The van der Waals surface area contributed by atoms with E-state index in [9.17, 15) is 23.3 Å². The van der Waals surface area contributed by atoms with Crippen molar-refractivity contribution in [1.29, 1.82) is 0 Å². The molecule has 1 saturated heterocycles. The summed E-state index contributed by atoms with van der Waals surface area (Å²) in [6.07, 6.45) is 0.389. The number of nitro groups is 1. The van der Waals surface area contributed by atoms with E-state index in [1.165, 1.54) is 29.2 Å². The molecule has 1 aliphatic heterocycles. The Labute approximate surface area is 176 Å². The van der Waals surface area contributed by atoms with E-state index >= 15 is 0 Å². The molecule has 1 amide bonds. The van der Waals surface area contributed by atoms with Crippen LogP contribution in [0.2, 0.25) is 0 Å². The number of sulfone groups is 1. The average Bonchev–Trinajstić information content (AvgIpc) is 3.04. The third kappa shape index (κ3) is 5.77. The number of rotatable bonds is 7. The van der Waals surface area contributed by atoms with Gasteiger partial charge in [0.25, 0.3) is 11.6 Å². The highest BCUT2D eigenvalue weighted by Gasteiger charge is 2.34. The number of halogens is 1. The predicted octanol–water partition coefficient (Wildman–Crippen LogP) is 2.95. The van der Waals surface area contributed by atoms with E-state index in [1.807, 2.05) is 24.3 Å². The third-order valence-corrected chi connectivity index (χ3v) is 6.86. The van der Waals surface area contributed by atoms with Crippen LogP contribution in [0.4, 0.5) is 5.69 Å². The summed E-state index contributed by atoms with van der Waals surface area (Å²) < 4.78 is 30.2. The van der Waals surface area contributed by atoms with Gasteiger partial charge >= 0.3 is 0 Å². The number of carbonyl (C=O) groups is 1. The SMILES string of the molecule is O=C(COc1ccc([N+](=O)[O-])cc1)N(Cc1cccc(Br)c1)C1CCS(=O)(=O)C1. The van der Waals surface area contributed by atoms with Gasteiger partial charge in [0, 0.05) is 29.2 Å². The number of hydrogen-bond donors (Lipinski definition) is 0. The van der Waals surface area contributed by atoms with E-state index in [4.69, 9.17) is 4.74 Å². The smallest absolute Gasteiger partial charge is 0.269 e. The molecule has 1 aliphatic rings. The van der Waals surface area contributed by atoms with Crippen molar-refractivity contribution in [1.82, 2.24) is 4.90 Å². The molecule has 0 aliphatic carbocycles. The van der Waals surface area contributed by atoms with Gasteiger partial charge in [-0.2, -0.15) is 0 Å². The second-order valence-electron chi connectivity index (χ2n) is 6.75. The van der Waals surface area contributed by atoms with Crippen molar-refractivity contribution in [3.63, 3.8) is 0 Å². The summed E-state index contributed by atoms with van der Waals surface area (Å²) in [4.78, 5) is 24.6. The maximum Gasteiger partial charge on any atom is 0.269 e. The summed E-state index contributed by atoms with van der Waals surface area (Å²) in [6.45, 7) is -0.0234. The number of nitrogens with zero attached hydrogens (tertiary/aromatic N) is 2. The molecule has 0 N–H and O–H groups in total. The first-order valence-electron chi connectivity index (χ1n) is 8.85. The number of hydrogen-bond acceptors (Lipinski definition) is 6. The van der Waals surface area contributed by atoms with Crippen LogP contribution in [-0.2, 0) is 21.2 Å². The minimum Gasteiger partial charge on any atom is -0.484 e. The van der Waals surface area contributed by atoms with Crippen molar-refractivity contribution in [2.75, 3.05) is 18.1 Å². The van der Waals surface area contributed by atoms with Crippen LogP contribution < -0.4 is 4.74 Å². The lowest BCUT2D eigenvalue weighted by Crippen LogP contribution is -2.43. The van der Waals surface area contributed by atoms with Gasteiger partial charge in [-0.15, -0.1) is 0 Å². The lowest BCUT2D eigenvalue weighted by Gasteiger charge is -2.28. The summed E-state index contributed by atoms with van der Waals surface area (Å²) >= 11 is 3.40. The van der Waals surface area contributed by atoms with Gasteiger partial charge < -0.3 is 9.64 Å². The Bertz CT molecular complexity index is 1010. The van der Waals surface area contributed by atoms with Crippen LogP contribution in [0.5, 0.6) is 5.75 Å². The Hall–Kier alpha value is -2.46. The summed E-state index contributed by atoms with van der Waals surface area (Å²) in [6, 6.07) is 12.5. The molecule has 1 unspecified atom stereocenters. The number of amides is 1. The first-order chi connectivity index (χ1) is 13.7. The molecule has 0 saturated carbocycles. The zero-order chi connectivity index (χ0) is 21.0. The highest BCUT2D eigenvalue weighted by atomic mass is 79.9. The maximum absolute atomic E-state index is 12.9. The van der Waals surface area contributed by atoms with Gasteiger partial charge in [0.15, 0.2) is 16.4 Å². The number of ether oxygens (including phenoxy) is 1. The van der Waals surface area contributed by atoms with Crippen molar-refractivity contribution < 1.29 is 22.9 Å². The van der Waals surface area contributed by atoms with E-state index in [0.717, 1.165) is 10.0 Å². The van der Waals surface area contributed by atoms with Crippen molar-refractivity contribution in [3.8, 4) is 5.75 Å². The second kappa shape index (κ2) is 8.91. The van der Waals surface area contributed by atoms with Crippen molar-refractivity contribution >= 4 is 37.4 Å². The molecule has 29 heavy (non-hydrogen) atoms. The molecular formula is C19H19BrN2O6S. The van der Waals surface area contributed by atoms with Gasteiger partial charge in [0.1, 0.15) is 5.75 Å². The first-order valence-corrected chi connectivity index (χ1v) is 11.5. The quantitative estimate of drug-likeness (QED) is 0.443. The largest absolute Gasteiger partial charge is 0.484 e. The van der Waals surface area contributed by atoms with Crippen LogP contribution in [0.25, 0.3) is 0 Å². The van der Waals surface area contributed by atoms with Gasteiger partial charge in [0.2, 0.25) is 0 Å². The Morgan fingerprint density at radius 1 is 1.24 bits per heavy atom. The molecule has 10 heteroatoms. The minimum absolute atomic E-state index is 0.0587. The molecule has 0 bridgehead atoms. The number of benzene rings is 2. The average molecular weight is 483 g/mol. The molecule has 2 aromatic rings. The predicted molar refractivity (Wildman–Crippen MR) is 110 cm³/mol. The highest BCUT2D eigenvalue weighted by molar-refractivity contribution is 9.10. The number of carbonyl (C=O) groups excluding carboxylic acids is 1. The van der Waals surface area contributed by atoms with Gasteiger partial charge in [-0.25, -0.2) is 8.42 Å². The molecular weight excluding hydrogens is 464 g/mol. The Morgan fingerprint density at radius 2 is 1.97 bits per heavy atom. The van der Waals surface area contributed by atoms with Crippen LogP contribution in [-0.4, -0.2) is 48.3 Å². The summed E-state index contributed by atoms with van der Waals surface area (Å²) in [5.41, 5.74) is 0.795. The van der Waals surface area contributed by atoms with E-state index in [0.29, 0.717) is 12.2 Å². The molecule has 2 aromatic carbocycles. The highest BCUT2D eigenvalue weighted by Crippen LogP contribution is 2.22. The van der Waals surface area contributed by atoms with Gasteiger partial charge in [-0.05, 0) is 36.2 Å². The van der Waals surface area contributed by atoms with E-state index < -0.39 is 20.8 Å². The van der Waals surface area contributed by atoms with Gasteiger partial charge in [-0.3, -0.25) is 14.9 Å². The summed E-state index contributed by atoms with van der Waals surface area (Å²) in [5, 5.41) is 10.7. The second-order valence-corrected chi connectivity index (χ2v) is 9.89. The van der Waals surface area contributed by atoms with Crippen LogP contribution in [0.15, 0.2) is 53.0 Å². The standard InChI is InChI=1S/C19H19BrN2O6S/c20-15-3-1-2-14(10-15)11-21(17-8-9-29(26,27)13-17)19(23)12-28-18-6-4-16(5-7-18)22(24)25/h1-7,10,17H,8-9,11-13H2. The number of non-ortho nitro benzene ring substituents is 1. The van der Waals surface area contributed by atoms with E-state index in [-0.39, 0.29) is 36.3 Å². The fourth-order valence-corrected chi connectivity index (χ4v) is 5.34. The van der Waals surface area contributed by atoms with Gasteiger partial charge in [0.05, 0.1) is 16.4 Å². The van der Waals surface area contributed by atoms with Crippen LogP contribution in [0, 0.1) is 10.1 Å². The fourth-order valence-electron chi connectivity index (χ4n) is 3.17. The van der Waals surface area contributed by atoms with Crippen LogP contribution >= 0.6 is 15.9 Å². The summed E-state index contributed by atoms with van der Waals surface area (Å²) in [7, 11) is -3.16. The minimum atomic E-state index is -3.16. The molecule has 154 valence electrons. The van der Waals surface area contributed by atoms with Crippen molar-refractivity contribution in [2.24, 2.45) is 0 Å². The molecule has 0 aromatic heterocycles. The monoisotopic (exact) mass is 482 g/mol. The topological polar surface area (TPSA) is 107 Å². The first kappa shape index (κ1) is 21.3. The van der Waals surface area contributed by atoms with Gasteiger partial charge in [-0.1, -0.05) is 28.1 Å². The molecule has 1 fully saturated rings. The van der Waals surface area contributed by atoms with Crippen LogP contribution in [0.1, 0.15) is 12.0 Å². The molecule has 0 radical (unpaired) electrons. The third-order valence-electron chi connectivity index (χ3n) is 4.62. The zero-order valence-corrected chi connectivity index (χ0v) is 17.8. The van der Waals surface area contributed by atoms with E-state index in [1.54, 1.807) is 0 Å². The maximum atomic E-state index is 12.9. The molecule has 1 atom stereocenters. The molecule has 8 nitrogen and oxygen atoms in total. The fraction of sp³-hybridized carbons (Fsp3) is 0.316. The van der Waals surface area contributed by atoms with Crippen LogP contribution in [0.3, 0.4) is 0 Å². The van der Waals surface area contributed by atoms with E-state index in [2.05, 4.69) is 15.9 Å². The number of nitro benzene ring substituents is 1. The van der Waals surface area contributed by atoms with Crippen molar-refractivity contribution in [2.45, 2.75) is 19.0 Å². The Balaban J connectivity index is 1.72.